The van der Waals surface area contributed by atoms with Crippen LogP contribution >= 0.6 is 0 Å². The number of rotatable bonds is 7. The van der Waals surface area contributed by atoms with Gasteiger partial charge in [0.15, 0.2) is 0 Å². The van der Waals surface area contributed by atoms with Crippen LogP contribution in [0.2, 0.25) is 0 Å². The van der Waals surface area contributed by atoms with Crippen LogP contribution in [0.4, 0.5) is 10.5 Å². The van der Waals surface area contributed by atoms with Gasteiger partial charge < -0.3 is 21.1 Å². The zero-order valence-corrected chi connectivity index (χ0v) is 11.4. The molecule has 2 amide bonds. The monoisotopic (exact) mass is 265 g/mol. The van der Waals surface area contributed by atoms with Crippen molar-refractivity contribution in [3.63, 3.8) is 0 Å². The van der Waals surface area contributed by atoms with Crippen LogP contribution in [0.1, 0.15) is 24.8 Å². The fourth-order valence-electron chi connectivity index (χ4n) is 1.68. The van der Waals surface area contributed by atoms with Crippen molar-refractivity contribution in [3.05, 3.63) is 29.8 Å². The van der Waals surface area contributed by atoms with Crippen molar-refractivity contribution in [2.45, 2.75) is 25.8 Å². The summed E-state index contributed by atoms with van der Waals surface area (Å²) in [4.78, 5) is 13.5. The van der Waals surface area contributed by atoms with E-state index >= 15 is 0 Å². The van der Waals surface area contributed by atoms with Crippen molar-refractivity contribution in [1.29, 1.82) is 0 Å². The average Bonchev–Trinajstić information content (AvgIpc) is 2.44. The first-order chi connectivity index (χ1) is 9.17. The van der Waals surface area contributed by atoms with Gasteiger partial charge in [0, 0.05) is 32.4 Å². The summed E-state index contributed by atoms with van der Waals surface area (Å²) < 4.78 is 0. The summed E-state index contributed by atoms with van der Waals surface area (Å²) in [5.41, 5.74) is 7.32. The van der Waals surface area contributed by atoms with E-state index in [1.54, 1.807) is 11.9 Å². The lowest BCUT2D eigenvalue weighted by atomic mass is 10.2. The van der Waals surface area contributed by atoms with E-state index < -0.39 is 0 Å². The fourth-order valence-corrected chi connectivity index (χ4v) is 1.68. The molecular weight excluding hydrogens is 242 g/mol. The molecule has 19 heavy (non-hydrogen) atoms. The van der Waals surface area contributed by atoms with Crippen LogP contribution in [0, 0.1) is 0 Å². The van der Waals surface area contributed by atoms with Gasteiger partial charge in [0.2, 0.25) is 0 Å². The Kier molecular flexibility index (Phi) is 6.92. The Hall–Kier alpha value is -1.59. The number of hydrogen-bond acceptors (Lipinski definition) is 3. The first kappa shape index (κ1) is 15.5. The molecule has 0 radical (unpaired) electrons. The van der Waals surface area contributed by atoms with Crippen molar-refractivity contribution in [2.24, 2.45) is 5.73 Å². The molecule has 4 N–H and O–H groups in total. The minimum absolute atomic E-state index is 0.121. The highest BCUT2D eigenvalue weighted by molar-refractivity contribution is 5.89. The zero-order chi connectivity index (χ0) is 14.1. The molecule has 5 nitrogen and oxygen atoms in total. The van der Waals surface area contributed by atoms with E-state index in [-0.39, 0.29) is 12.6 Å². The van der Waals surface area contributed by atoms with Gasteiger partial charge in [-0.2, -0.15) is 0 Å². The maximum Gasteiger partial charge on any atom is 0.321 e. The number of nitrogens with one attached hydrogen (secondary N) is 1. The molecular formula is C14H23N3O2. The van der Waals surface area contributed by atoms with Crippen molar-refractivity contribution in [3.8, 4) is 0 Å². The van der Waals surface area contributed by atoms with E-state index in [9.17, 15) is 4.79 Å². The van der Waals surface area contributed by atoms with Crippen LogP contribution in [-0.4, -0.2) is 36.2 Å². The number of aliphatic hydroxyl groups excluding tert-OH is 1. The number of amides is 2. The van der Waals surface area contributed by atoms with Gasteiger partial charge in [-0.15, -0.1) is 0 Å². The number of nitrogens with zero attached hydrogens (tertiary/aromatic N) is 1. The number of hydrogen-bond donors (Lipinski definition) is 3. The summed E-state index contributed by atoms with van der Waals surface area (Å²) >= 11 is 0. The molecule has 0 aliphatic carbocycles. The third kappa shape index (κ3) is 5.72. The number of unbranched alkanes of at least 4 members (excludes halogenated alkanes) is 2. The molecule has 0 saturated carbocycles. The van der Waals surface area contributed by atoms with E-state index in [1.807, 2.05) is 24.3 Å². The number of aliphatic hydroxyl groups is 1. The van der Waals surface area contributed by atoms with Crippen molar-refractivity contribution >= 4 is 11.7 Å². The van der Waals surface area contributed by atoms with Gasteiger partial charge in [0.1, 0.15) is 0 Å². The smallest absolute Gasteiger partial charge is 0.321 e. The number of benzene rings is 1. The summed E-state index contributed by atoms with van der Waals surface area (Å²) in [5.74, 6) is 0. The van der Waals surface area contributed by atoms with Crippen LogP contribution in [0.3, 0.4) is 0 Å². The summed E-state index contributed by atoms with van der Waals surface area (Å²) in [6.07, 6.45) is 2.62. The zero-order valence-electron chi connectivity index (χ0n) is 11.4. The van der Waals surface area contributed by atoms with Gasteiger partial charge in [0.05, 0.1) is 0 Å². The van der Waals surface area contributed by atoms with E-state index in [0.29, 0.717) is 13.1 Å². The molecule has 0 spiro atoms. The molecule has 1 aromatic rings. The van der Waals surface area contributed by atoms with E-state index in [4.69, 9.17) is 10.8 Å². The van der Waals surface area contributed by atoms with Crippen molar-refractivity contribution in [1.82, 2.24) is 4.90 Å². The SMILES string of the molecule is CN(CCCCCO)C(=O)Nc1ccc(CN)cc1. The Morgan fingerprint density at radius 1 is 1.26 bits per heavy atom. The number of nitrogens with two attached hydrogens (primary N) is 1. The fraction of sp³-hybridized carbons (Fsp3) is 0.500. The predicted molar refractivity (Wildman–Crippen MR) is 76.9 cm³/mol. The van der Waals surface area contributed by atoms with Crippen molar-refractivity contribution < 1.29 is 9.90 Å². The Morgan fingerprint density at radius 2 is 1.95 bits per heavy atom. The number of carbonyl (C=O) groups excluding carboxylic acids is 1. The Labute approximate surface area is 114 Å². The molecule has 5 heteroatoms. The minimum atomic E-state index is -0.121. The molecule has 1 rings (SSSR count). The van der Waals surface area contributed by atoms with Gasteiger partial charge in [-0.1, -0.05) is 12.1 Å². The third-order valence-electron chi connectivity index (χ3n) is 2.94. The first-order valence-electron chi connectivity index (χ1n) is 6.59. The lowest BCUT2D eigenvalue weighted by Gasteiger charge is -2.18. The number of anilines is 1. The second-order valence-electron chi connectivity index (χ2n) is 4.54. The summed E-state index contributed by atoms with van der Waals surface area (Å²) in [6.45, 7) is 1.40. The van der Waals surface area contributed by atoms with Gasteiger partial charge in [0.25, 0.3) is 0 Å². The molecule has 106 valence electrons. The van der Waals surface area contributed by atoms with Crippen LogP contribution < -0.4 is 11.1 Å². The Bertz CT molecular complexity index is 379. The lowest BCUT2D eigenvalue weighted by Crippen LogP contribution is -2.32. The highest BCUT2D eigenvalue weighted by Crippen LogP contribution is 2.10. The summed E-state index contributed by atoms with van der Waals surface area (Å²) in [7, 11) is 1.77. The molecule has 0 unspecified atom stereocenters. The second-order valence-corrected chi connectivity index (χ2v) is 4.54. The molecule has 0 aromatic heterocycles. The van der Waals surface area contributed by atoms with Crippen molar-refractivity contribution in [2.75, 3.05) is 25.5 Å². The molecule has 0 saturated heterocycles. The molecule has 0 bridgehead atoms. The second kappa shape index (κ2) is 8.50. The maximum absolute atomic E-state index is 11.9. The van der Waals surface area contributed by atoms with Gasteiger partial charge >= 0.3 is 6.03 Å². The summed E-state index contributed by atoms with van der Waals surface area (Å²) in [5, 5.41) is 11.5. The van der Waals surface area contributed by atoms with Gasteiger partial charge in [-0.05, 0) is 37.0 Å². The van der Waals surface area contributed by atoms with Crippen LogP contribution in [0.25, 0.3) is 0 Å². The largest absolute Gasteiger partial charge is 0.396 e. The van der Waals surface area contributed by atoms with Crippen LogP contribution in [0.5, 0.6) is 0 Å². The topological polar surface area (TPSA) is 78.6 Å². The predicted octanol–water partition coefficient (Wildman–Crippen LogP) is 1.77. The highest BCUT2D eigenvalue weighted by atomic mass is 16.2. The van der Waals surface area contributed by atoms with Gasteiger partial charge in [-0.25, -0.2) is 4.79 Å². The third-order valence-corrected chi connectivity index (χ3v) is 2.94. The molecule has 1 aromatic carbocycles. The molecule has 0 aliphatic rings. The highest BCUT2D eigenvalue weighted by Gasteiger charge is 2.07. The molecule has 0 aliphatic heterocycles. The van der Waals surface area contributed by atoms with Crippen LogP contribution in [0.15, 0.2) is 24.3 Å². The summed E-state index contributed by atoms with van der Waals surface area (Å²) in [6, 6.07) is 7.37. The van der Waals surface area contributed by atoms with E-state index in [1.165, 1.54) is 0 Å². The minimum Gasteiger partial charge on any atom is -0.396 e. The Morgan fingerprint density at radius 3 is 2.53 bits per heavy atom. The quantitative estimate of drug-likeness (QED) is 0.657. The average molecular weight is 265 g/mol. The molecule has 0 heterocycles. The molecule has 0 fully saturated rings. The van der Waals surface area contributed by atoms with E-state index in [2.05, 4.69) is 5.32 Å². The number of carbonyl (C=O) groups is 1. The lowest BCUT2D eigenvalue weighted by molar-refractivity contribution is 0.220. The van der Waals surface area contributed by atoms with Crippen LogP contribution in [-0.2, 0) is 6.54 Å². The maximum atomic E-state index is 11.9. The van der Waals surface area contributed by atoms with E-state index in [0.717, 1.165) is 30.5 Å². The Balaban J connectivity index is 2.36. The number of urea groups is 1. The standard InChI is InChI=1S/C14H23N3O2/c1-17(9-3-2-4-10-18)14(19)16-13-7-5-12(11-15)6-8-13/h5-8,18H,2-4,9-11,15H2,1H3,(H,16,19). The molecule has 0 atom stereocenters. The normalized spacial score (nSPS) is 10.3. The van der Waals surface area contributed by atoms with Gasteiger partial charge in [-0.3, -0.25) is 0 Å². The first-order valence-corrected chi connectivity index (χ1v) is 6.59.